The van der Waals surface area contributed by atoms with Gasteiger partial charge in [-0.1, -0.05) is 6.42 Å². The van der Waals surface area contributed by atoms with Crippen LogP contribution in [0.5, 0.6) is 0 Å². The summed E-state index contributed by atoms with van der Waals surface area (Å²) >= 11 is 0. The summed E-state index contributed by atoms with van der Waals surface area (Å²) in [5, 5.41) is 9.74. The fourth-order valence-electron chi connectivity index (χ4n) is 3.75. The van der Waals surface area contributed by atoms with Gasteiger partial charge in [0, 0.05) is 44.7 Å². The molecule has 1 amide bonds. The molecule has 0 unspecified atom stereocenters. The van der Waals surface area contributed by atoms with Gasteiger partial charge in [-0.15, -0.1) is 0 Å². The van der Waals surface area contributed by atoms with Crippen molar-refractivity contribution in [2.24, 2.45) is 5.41 Å². The van der Waals surface area contributed by atoms with Gasteiger partial charge in [-0.25, -0.2) is 0 Å². The second-order valence-electron chi connectivity index (χ2n) is 7.19. The Balaban J connectivity index is 1.78. The lowest BCUT2D eigenvalue weighted by Gasteiger charge is -2.38. The topological polar surface area (TPSA) is 53.0 Å². The first-order valence-corrected chi connectivity index (χ1v) is 8.69. The number of piperidine rings is 1. The number of amides is 1. The van der Waals surface area contributed by atoms with Crippen LogP contribution in [0.3, 0.4) is 0 Å². The first kappa shape index (κ1) is 17.7. The molecule has 0 aliphatic carbocycles. The molecule has 5 heteroatoms. The van der Waals surface area contributed by atoms with E-state index >= 15 is 0 Å². The first-order valence-electron chi connectivity index (χ1n) is 8.69. The molecule has 2 rings (SSSR count). The van der Waals surface area contributed by atoms with Gasteiger partial charge in [-0.2, -0.15) is 0 Å². The molecule has 2 heterocycles. The van der Waals surface area contributed by atoms with Crippen LogP contribution < -0.4 is 0 Å². The van der Waals surface area contributed by atoms with E-state index in [-0.39, 0.29) is 17.9 Å². The Bertz CT molecular complexity index is 356. The third-order valence-electron chi connectivity index (χ3n) is 5.50. The second kappa shape index (κ2) is 8.27. The van der Waals surface area contributed by atoms with Gasteiger partial charge in [-0.05, 0) is 45.7 Å². The minimum atomic E-state index is -0.162. The molecule has 1 N–H and O–H groups in total. The van der Waals surface area contributed by atoms with Crippen LogP contribution in [-0.4, -0.2) is 73.9 Å². The summed E-state index contributed by atoms with van der Waals surface area (Å²) in [6, 6.07) is 0.556. The van der Waals surface area contributed by atoms with Crippen molar-refractivity contribution in [3.8, 4) is 0 Å². The summed E-state index contributed by atoms with van der Waals surface area (Å²) in [7, 11) is 4.04. The van der Waals surface area contributed by atoms with Crippen LogP contribution in [0.25, 0.3) is 0 Å². The van der Waals surface area contributed by atoms with Gasteiger partial charge < -0.3 is 19.6 Å². The standard InChI is InChI=1S/C17H32N2O3/c1-18-10-4-3-5-15(18)6-7-16(21)19(2)13-17(14-20)8-11-22-12-9-17/h15,20H,3-14H2,1-2H3/t15-/m0/s1. The average molecular weight is 312 g/mol. The number of ether oxygens (including phenoxy) is 1. The number of hydrogen-bond acceptors (Lipinski definition) is 4. The van der Waals surface area contributed by atoms with E-state index in [2.05, 4.69) is 11.9 Å². The van der Waals surface area contributed by atoms with Crippen LogP contribution in [0, 0.1) is 5.41 Å². The van der Waals surface area contributed by atoms with Gasteiger partial charge in [-0.3, -0.25) is 4.79 Å². The van der Waals surface area contributed by atoms with Gasteiger partial charge in [0.15, 0.2) is 0 Å². The molecule has 2 saturated heterocycles. The number of likely N-dealkylation sites (tertiary alicyclic amines) is 1. The van der Waals surface area contributed by atoms with E-state index < -0.39 is 0 Å². The number of hydrogen-bond donors (Lipinski definition) is 1. The summed E-state index contributed by atoms with van der Waals surface area (Å²) in [5.74, 6) is 0.207. The SMILES string of the molecule is CN(CC1(CO)CCOCC1)C(=O)CC[C@@H]1CCCCN1C. The summed E-state index contributed by atoms with van der Waals surface area (Å²) in [6.45, 7) is 3.32. The molecule has 2 fully saturated rings. The summed E-state index contributed by atoms with van der Waals surface area (Å²) in [4.78, 5) is 16.6. The molecular weight excluding hydrogens is 280 g/mol. The number of aliphatic hydroxyl groups excluding tert-OH is 1. The molecule has 22 heavy (non-hydrogen) atoms. The van der Waals surface area contributed by atoms with Crippen molar-refractivity contribution in [2.45, 2.75) is 51.0 Å². The lowest BCUT2D eigenvalue weighted by Crippen LogP contribution is -2.45. The van der Waals surface area contributed by atoms with E-state index in [1.165, 1.54) is 19.3 Å². The molecule has 0 bridgehead atoms. The van der Waals surface area contributed by atoms with Gasteiger partial charge in [0.2, 0.25) is 5.91 Å². The highest BCUT2D eigenvalue weighted by molar-refractivity contribution is 5.75. The molecule has 5 nitrogen and oxygen atoms in total. The number of carbonyl (C=O) groups excluding carboxylic acids is 1. The van der Waals surface area contributed by atoms with E-state index in [1.807, 2.05) is 11.9 Å². The zero-order valence-corrected chi connectivity index (χ0v) is 14.2. The first-order chi connectivity index (χ1) is 10.6. The number of nitrogens with zero attached hydrogens (tertiary/aromatic N) is 2. The third kappa shape index (κ3) is 4.67. The maximum Gasteiger partial charge on any atom is 0.222 e. The Morgan fingerprint density at radius 1 is 1.36 bits per heavy atom. The van der Waals surface area contributed by atoms with E-state index in [0.717, 1.165) is 25.8 Å². The molecule has 0 aromatic heterocycles. The lowest BCUT2D eigenvalue weighted by molar-refractivity contribution is -0.133. The second-order valence-corrected chi connectivity index (χ2v) is 7.19. The fraction of sp³-hybridized carbons (Fsp3) is 0.941. The average Bonchev–Trinajstić information content (AvgIpc) is 2.54. The zero-order chi connectivity index (χ0) is 16.0. The van der Waals surface area contributed by atoms with Crippen LogP contribution in [0.4, 0.5) is 0 Å². The van der Waals surface area contributed by atoms with E-state index in [4.69, 9.17) is 4.74 Å². The Morgan fingerprint density at radius 3 is 2.73 bits per heavy atom. The van der Waals surface area contributed by atoms with Crippen molar-refractivity contribution < 1.29 is 14.6 Å². The van der Waals surface area contributed by atoms with Gasteiger partial charge in [0.25, 0.3) is 0 Å². The summed E-state index contributed by atoms with van der Waals surface area (Å²) in [5.41, 5.74) is -0.162. The van der Waals surface area contributed by atoms with Crippen molar-refractivity contribution >= 4 is 5.91 Å². The highest BCUT2D eigenvalue weighted by Gasteiger charge is 2.34. The molecular formula is C17H32N2O3. The number of carbonyl (C=O) groups is 1. The maximum absolute atomic E-state index is 12.4. The minimum absolute atomic E-state index is 0.138. The Labute approximate surface area is 134 Å². The molecule has 0 saturated carbocycles. The van der Waals surface area contributed by atoms with Crippen molar-refractivity contribution in [3.05, 3.63) is 0 Å². The number of aliphatic hydroxyl groups is 1. The van der Waals surface area contributed by atoms with Crippen molar-refractivity contribution in [1.29, 1.82) is 0 Å². The van der Waals surface area contributed by atoms with Crippen LogP contribution in [0.2, 0.25) is 0 Å². The predicted octanol–water partition coefficient (Wildman–Crippen LogP) is 1.50. The van der Waals surface area contributed by atoms with Crippen molar-refractivity contribution in [3.63, 3.8) is 0 Å². The molecule has 0 aromatic carbocycles. The minimum Gasteiger partial charge on any atom is -0.396 e. The van der Waals surface area contributed by atoms with Crippen LogP contribution in [0.1, 0.15) is 44.9 Å². The highest BCUT2D eigenvalue weighted by Crippen LogP contribution is 2.31. The normalized spacial score (nSPS) is 25.9. The largest absolute Gasteiger partial charge is 0.396 e. The van der Waals surface area contributed by atoms with Gasteiger partial charge in [0.05, 0.1) is 6.61 Å². The molecule has 0 spiro atoms. The van der Waals surface area contributed by atoms with Crippen molar-refractivity contribution in [2.75, 3.05) is 47.0 Å². The fourth-order valence-corrected chi connectivity index (χ4v) is 3.75. The van der Waals surface area contributed by atoms with E-state index in [9.17, 15) is 9.90 Å². The van der Waals surface area contributed by atoms with Gasteiger partial charge >= 0.3 is 0 Å². The smallest absolute Gasteiger partial charge is 0.222 e. The van der Waals surface area contributed by atoms with Crippen LogP contribution in [0.15, 0.2) is 0 Å². The molecule has 128 valence electrons. The van der Waals surface area contributed by atoms with Crippen LogP contribution in [-0.2, 0) is 9.53 Å². The van der Waals surface area contributed by atoms with Crippen molar-refractivity contribution in [1.82, 2.24) is 9.80 Å². The predicted molar refractivity (Wildman–Crippen MR) is 86.7 cm³/mol. The number of rotatable bonds is 6. The quantitative estimate of drug-likeness (QED) is 0.807. The van der Waals surface area contributed by atoms with E-state index in [0.29, 0.717) is 32.2 Å². The third-order valence-corrected chi connectivity index (χ3v) is 5.50. The molecule has 1 atom stereocenters. The monoisotopic (exact) mass is 312 g/mol. The molecule has 0 aromatic rings. The Kier molecular flexibility index (Phi) is 6.66. The maximum atomic E-state index is 12.4. The Morgan fingerprint density at radius 2 is 2.09 bits per heavy atom. The molecule has 2 aliphatic rings. The Hall–Kier alpha value is -0.650. The summed E-state index contributed by atoms with van der Waals surface area (Å²) in [6.07, 6.45) is 7.03. The zero-order valence-electron chi connectivity index (χ0n) is 14.2. The molecule has 0 radical (unpaired) electrons. The van der Waals surface area contributed by atoms with E-state index in [1.54, 1.807) is 0 Å². The highest BCUT2D eigenvalue weighted by atomic mass is 16.5. The van der Waals surface area contributed by atoms with Gasteiger partial charge in [0.1, 0.15) is 0 Å². The summed E-state index contributed by atoms with van der Waals surface area (Å²) < 4.78 is 5.39. The lowest BCUT2D eigenvalue weighted by atomic mass is 9.80. The molecule has 2 aliphatic heterocycles. The van der Waals surface area contributed by atoms with Crippen LogP contribution >= 0.6 is 0 Å².